The van der Waals surface area contributed by atoms with Gasteiger partial charge in [-0.3, -0.25) is 14.4 Å². The number of nitrogens with one attached hydrogen (secondary N) is 3. The van der Waals surface area contributed by atoms with Crippen molar-refractivity contribution in [3.05, 3.63) is 35.9 Å². The zero-order valence-electron chi connectivity index (χ0n) is 28.6. The highest BCUT2D eigenvalue weighted by Gasteiger charge is 2.40. The Kier molecular flexibility index (Phi) is 17.5. The molecule has 0 spiro atoms. The summed E-state index contributed by atoms with van der Waals surface area (Å²) in [6.45, 7) is 4.02. The zero-order valence-corrected chi connectivity index (χ0v) is 29.5. The van der Waals surface area contributed by atoms with Crippen LogP contribution in [0.5, 0.6) is 0 Å². The van der Waals surface area contributed by atoms with Crippen molar-refractivity contribution < 1.29 is 47.4 Å². The van der Waals surface area contributed by atoms with Gasteiger partial charge in [-0.1, -0.05) is 62.9 Å². The fourth-order valence-corrected chi connectivity index (χ4v) is 6.72. The van der Waals surface area contributed by atoms with Gasteiger partial charge >= 0.3 is 20.3 Å². The van der Waals surface area contributed by atoms with E-state index < -0.39 is 50.5 Å². The van der Waals surface area contributed by atoms with Gasteiger partial charge in [0.15, 0.2) is 6.10 Å². The smallest absolute Gasteiger partial charge is 0.480 e. The maximum atomic E-state index is 13.5. The maximum absolute atomic E-state index is 13.5. The first-order valence-corrected chi connectivity index (χ1v) is 18.5. The molecule has 2 fully saturated rings. The van der Waals surface area contributed by atoms with Gasteiger partial charge in [-0.25, -0.2) is 9.59 Å². The molecule has 0 radical (unpaired) electrons. The summed E-state index contributed by atoms with van der Waals surface area (Å²) in [5.74, 6) is -2.35. The number of alkyl carbamates (subject to hydrolysis) is 1. The highest BCUT2D eigenvalue weighted by Crippen LogP contribution is 2.29. The van der Waals surface area contributed by atoms with E-state index >= 15 is 0 Å². The summed E-state index contributed by atoms with van der Waals surface area (Å²) in [6.07, 6.45) is 6.25. The molecule has 4 unspecified atom stereocenters. The van der Waals surface area contributed by atoms with Crippen molar-refractivity contribution in [2.75, 3.05) is 19.7 Å². The second kappa shape index (κ2) is 21.5. The van der Waals surface area contributed by atoms with Crippen LogP contribution in [0.4, 0.5) is 4.79 Å². The van der Waals surface area contributed by atoms with Crippen LogP contribution in [-0.4, -0.2) is 83.7 Å². The third kappa shape index (κ3) is 14.0. The molecule has 0 aromatic heterocycles. The summed E-state index contributed by atoms with van der Waals surface area (Å²) < 4.78 is 28.6. The Morgan fingerprint density at radius 2 is 1.71 bits per heavy atom. The zero-order chi connectivity index (χ0) is 35.6. The van der Waals surface area contributed by atoms with Gasteiger partial charge in [-0.05, 0) is 63.9 Å². The van der Waals surface area contributed by atoms with Crippen molar-refractivity contribution in [2.45, 2.75) is 122 Å². The monoisotopic (exact) mass is 707 g/mol. The van der Waals surface area contributed by atoms with E-state index in [2.05, 4.69) is 16.0 Å². The molecule has 1 aliphatic carbocycles. The topological polar surface area (TPSA) is 190 Å². The molecule has 5 atom stereocenters. The highest BCUT2D eigenvalue weighted by atomic mass is 31.1. The molecule has 1 aromatic rings. The van der Waals surface area contributed by atoms with Crippen molar-refractivity contribution in [1.29, 1.82) is 0 Å². The standard InChI is InChI=1S/C34H51N4O10P/c1-3-4-17-27(23-47-49(45)48-24(2)32(41)38-21-12-19-29(38)33(42)43)36-31(40)28(37-30(39)26-15-8-9-16-26)18-10-11-20-35-34(44)46-22-25-13-6-5-7-14-25/h5-7,13-14,24,26-29H,3-4,8-12,15-23H2,1-2H3,(H3-,35,36,37,39,40,42,43,44)/p+1/t24?,27?,28?,29-/m0/s1. The molecular weight excluding hydrogens is 655 g/mol. The summed E-state index contributed by atoms with van der Waals surface area (Å²) >= 11 is 0. The van der Waals surface area contributed by atoms with Gasteiger partial charge in [0.05, 0.1) is 6.04 Å². The van der Waals surface area contributed by atoms with Gasteiger partial charge in [0.1, 0.15) is 25.3 Å². The number of unbranched alkanes of at least 4 members (excludes halogenated alkanes) is 2. The number of aliphatic carboxylic acids is 1. The predicted octanol–water partition coefficient (Wildman–Crippen LogP) is 4.59. The number of ether oxygens (including phenoxy) is 1. The average Bonchev–Trinajstić information content (AvgIpc) is 3.81. The van der Waals surface area contributed by atoms with Crippen molar-refractivity contribution >= 4 is 38.0 Å². The summed E-state index contributed by atoms with van der Waals surface area (Å²) in [5.41, 5.74) is 0.879. The lowest BCUT2D eigenvalue weighted by molar-refractivity contribution is -0.151. The average molecular weight is 708 g/mol. The minimum absolute atomic E-state index is 0.132. The molecule has 4 N–H and O–H groups in total. The quantitative estimate of drug-likeness (QED) is 0.104. The Balaban J connectivity index is 1.50. The van der Waals surface area contributed by atoms with Crippen LogP contribution in [0, 0.1) is 5.92 Å². The lowest BCUT2D eigenvalue weighted by Crippen LogP contribution is -2.51. The van der Waals surface area contributed by atoms with Crippen LogP contribution >= 0.6 is 8.25 Å². The molecule has 0 bridgehead atoms. The fourth-order valence-electron chi connectivity index (χ4n) is 6.01. The molecular formula is C34H52N4O10P+. The molecule has 49 heavy (non-hydrogen) atoms. The number of hydrogen-bond donors (Lipinski definition) is 4. The third-order valence-corrected chi connectivity index (χ3v) is 9.66. The maximum Gasteiger partial charge on any atom is 0.698 e. The van der Waals surface area contributed by atoms with E-state index in [1.165, 1.54) is 11.8 Å². The normalized spacial score (nSPS) is 18.3. The Morgan fingerprint density at radius 3 is 2.41 bits per heavy atom. The Labute approximate surface area is 289 Å². The van der Waals surface area contributed by atoms with Crippen LogP contribution in [0.25, 0.3) is 0 Å². The van der Waals surface area contributed by atoms with E-state index in [0.717, 1.165) is 44.1 Å². The SMILES string of the molecule is CCCCC(CO[P+](=O)OC(C)C(=O)N1CCC[C@H]1C(=O)O)NC(=O)C(CCCCNC(=O)OCc1ccccc1)NC(=O)C1CCCC1. The molecule has 3 rings (SSSR count). The van der Waals surface area contributed by atoms with Gasteiger partial charge in [0.2, 0.25) is 11.8 Å². The molecule has 1 heterocycles. The van der Waals surface area contributed by atoms with Crippen molar-refractivity contribution in [3.8, 4) is 0 Å². The summed E-state index contributed by atoms with van der Waals surface area (Å²) in [5, 5.41) is 18.0. The first-order valence-electron chi connectivity index (χ1n) is 17.4. The van der Waals surface area contributed by atoms with Gasteiger partial charge in [-0.2, -0.15) is 0 Å². The van der Waals surface area contributed by atoms with E-state index in [1.807, 2.05) is 37.3 Å². The van der Waals surface area contributed by atoms with Crippen LogP contribution in [0.1, 0.15) is 96.5 Å². The minimum atomic E-state index is -2.75. The van der Waals surface area contributed by atoms with Gasteiger partial charge < -0.3 is 30.7 Å². The molecule has 15 heteroatoms. The number of hydrogen-bond acceptors (Lipinski definition) is 9. The molecule has 1 saturated carbocycles. The number of rotatable bonds is 21. The minimum Gasteiger partial charge on any atom is -0.480 e. The van der Waals surface area contributed by atoms with Gasteiger partial charge in [-0.15, -0.1) is 9.05 Å². The molecule has 2 aliphatic rings. The molecule has 1 saturated heterocycles. The number of benzene rings is 1. The van der Waals surface area contributed by atoms with Crippen molar-refractivity contribution in [1.82, 2.24) is 20.9 Å². The second-order valence-electron chi connectivity index (χ2n) is 12.7. The molecule has 1 aliphatic heterocycles. The van der Waals surface area contributed by atoms with Crippen LogP contribution < -0.4 is 16.0 Å². The van der Waals surface area contributed by atoms with E-state index in [-0.39, 0.29) is 37.5 Å². The van der Waals surface area contributed by atoms with Crippen LogP contribution in [0.2, 0.25) is 0 Å². The van der Waals surface area contributed by atoms with E-state index in [4.69, 9.17) is 13.8 Å². The highest BCUT2D eigenvalue weighted by molar-refractivity contribution is 7.33. The lowest BCUT2D eigenvalue weighted by Gasteiger charge is -2.24. The summed E-state index contributed by atoms with van der Waals surface area (Å²) in [7, 11) is -2.75. The van der Waals surface area contributed by atoms with Gasteiger partial charge in [0.25, 0.3) is 5.91 Å². The number of carbonyl (C=O) groups excluding carboxylic acids is 4. The Hall–Kier alpha value is -3.61. The van der Waals surface area contributed by atoms with Crippen LogP contribution in [0.15, 0.2) is 30.3 Å². The number of carbonyl (C=O) groups is 5. The lowest BCUT2D eigenvalue weighted by atomic mass is 10.0. The van der Waals surface area contributed by atoms with E-state index in [1.54, 1.807) is 0 Å². The van der Waals surface area contributed by atoms with Crippen LogP contribution in [0.3, 0.4) is 0 Å². The first-order chi connectivity index (χ1) is 23.6. The van der Waals surface area contributed by atoms with Gasteiger partial charge in [0, 0.05) is 23.6 Å². The van der Waals surface area contributed by atoms with Crippen molar-refractivity contribution in [3.63, 3.8) is 0 Å². The molecule has 14 nitrogen and oxygen atoms in total. The Bertz CT molecular complexity index is 1250. The fraction of sp³-hybridized carbons (Fsp3) is 0.676. The third-order valence-electron chi connectivity index (χ3n) is 8.81. The molecule has 4 amide bonds. The number of amides is 4. The largest absolute Gasteiger partial charge is 0.698 e. The molecule has 1 aromatic carbocycles. The Morgan fingerprint density at radius 1 is 0.980 bits per heavy atom. The second-order valence-corrected chi connectivity index (χ2v) is 13.6. The summed E-state index contributed by atoms with van der Waals surface area (Å²) in [6, 6.07) is 7.05. The number of likely N-dealkylation sites (tertiary alicyclic amines) is 1. The number of carboxylic acids is 1. The van der Waals surface area contributed by atoms with E-state index in [9.17, 15) is 33.6 Å². The van der Waals surface area contributed by atoms with Crippen LogP contribution in [-0.2, 0) is 44.1 Å². The van der Waals surface area contributed by atoms with E-state index in [0.29, 0.717) is 45.1 Å². The number of nitrogens with zero attached hydrogens (tertiary/aromatic N) is 1. The molecule has 272 valence electrons. The predicted molar refractivity (Wildman–Crippen MR) is 180 cm³/mol. The summed E-state index contributed by atoms with van der Waals surface area (Å²) in [4.78, 5) is 64.1. The number of carboxylic acid groups (broad SMARTS) is 1. The first kappa shape index (κ1) is 39.8. The van der Waals surface area contributed by atoms with Crippen molar-refractivity contribution in [2.24, 2.45) is 5.92 Å².